The van der Waals surface area contributed by atoms with Gasteiger partial charge in [-0.2, -0.15) is 0 Å². The van der Waals surface area contributed by atoms with Gasteiger partial charge in [0.1, 0.15) is 0 Å². The molecule has 82 valence electrons. The van der Waals surface area contributed by atoms with E-state index >= 15 is 0 Å². The van der Waals surface area contributed by atoms with Crippen molar-refractivity contribution in [1.82, 2.24) is 0 Å². The van der Waals surface area contributed by atoms with E-state index in [4.69, 9.17) is 0 Å². The van der Waals surface area contributed by atoms with Gasteiger partial charge in [0, 0.05) is 4.47 Å². The van der Waals surface area contributed by atoms with Crippen LogP contribution < -0.4 is 0 Å². The van der Waals surface area contributed by atoms with E-state index in [9.17, 15) is 5.11 Å². The Balaban J connectivity index is 2.34. The van der Waals surface area contributed by atoms with Gasteiger partial charge in [-0.3, -0.25) is 0 Å². The first-order chi connectivity index (χ1) is 7.22. The van der Waals surface area contributed by atoms with Gasteiger partial charge in [0.2, 0.25) is 0 Å². The monoisotopic (exact) mass is 268 g/mol. The molecule has 0 saturated carbocycles. The van der Waals surface area contributed by atoms with E-state index in [0.29, 0.717) is 0 Å². The molecule has 0 spiro atoms. The van der Waals surface area contributed by atoms with E-state index in [2.05, 4.69) is 22.5 Å². The smallest absolute Gasteiger partial charge is 0.0580 e. The van der Waals surface area contributed by atoms with Crippen molar-refractivity contribution in [2.24, 2.45) is 0 Å². The SMILES string of the molecule is C=CCCCC(O)Cc1ccc(Br)cc1. The summed E-state index contributed by atoms with van der Waals surface area (Å²) < 4.78 is 1.08. The highest BCUT2D eigenvalue weighted by molar-refractivity contribution is 9.10. The molecule has 1 nitrogen and oxygen atoms in total. The maximum atomic E-state index is 9.75. The first-order valence-corrected chi connectivity index (χ1v) is 6.05. The summed E-state index contributed by atoms with van der Waals surface area (Å²) >= 11 is 3.39. The zero-order valence-corrected chi connectivity index (χ0v) is 10.4. The number of halogens is 1. The number of allylic oxidation sites excluding steroid dienone is 1. The third kappa shape index (κ3) is 5.14. The highest BCUT2D eigenvalue weighted by atomic mass is 79.9. The molecule has 0 saturated heterocycles. The normalized spacial score (nSPS) is 12.4. The van der Waals surface area contributed by atoms with Crippen LogP contribution in [0.1, 0.15) is 24.8 Å². The van der Waals surface area contributed by atoms with E-state index in [1.54, 1.807) is 0 Å². The first kappa shape index (κ1) is 12.5. The Morgan fingerprint density at radius 2 is 2.00 bits per heavy atom. The van der Waals surface area contributed by atoms with Crippen LogP contribution in [0.4, 0.5) is 0 Å². The number of hydrogen-bond acceptors (Lipinski definition) is 1. The van der Waals surface area contributed by atoms with E-state index in [1.807, 2.05) is 30.3 Å². The summed E-state index contributed by atoms with van der Waals surface area (Å²) in [5.41, 5.74) is 1.18. The van der Waals surface area contributed by atoms with Crippen molar-refractivity contribution < 1.29 is 5.11 Å². The van der Waals surface area contributed by atoms with Crippen molar-refractivity contribution in [2.75, 3.05) is 0 Å². The Hall–Kier alpha value is -0.600. The largest absolute Gasteiger partial charge is 0.393 e. The van der Waals surface area contributed by atoms with Crippen LogP contribution in [0.15, 0.2) is 41.4 Å². The zero-order valence-electron chi connectivity index (χ0n) is 8.82. The molecular weight excluding hydrogens is 252 g/mol. The van der Waals surface area contributed by atoms with Gasteiger partial charge in [0.25, 0.3) is 0 Å². The van der Waals surface area contributed by atoms with Crippen LogP contribution in [0.25, 0.3) is 0 Å². The molecule has 1 atom stereocenters. The third-order valence-corrected chi connectivity index (χ3v) is 2.86. The second kappa shape index (κ2) is 6.81. The summed E-state index contributed by atoms with van der Waals surface area (Å²) in [5, 5.41) is 9.75. The lowest BCUT2D eigenvalue weighted by Gasteiger charge is -2.09. The second-order valence-electron chi connectivity index (χ2n) is 3.70. The minimum absolute atomic E-state index is 0.230. The van der Waals surface area contributed by atoms with Gasteiger partial charge in [-0.15, -0.1) is 6.58 Å². The highest BCUT2D eigenvalue weighted by Crippen LogP contribution is 2.13. The summed E-state index contributed by atoms with van der Waals surface area (Å²) in [7, 11) is 0. The van der Waals surface area contributed by atoms with Gasteiger partial charge in [-0.1, -0.05) is 34.1 Å². The average Bonchev–Trinajstić information content (AvgIpc) is 2.22. The Bertz CT molecular complexity index is 292. The molecule has 1 N–H and O–H groups in total. The molecule has 0 aliphatic heterocycles. The molecule has 1 aromatic rings. The van der Waals surface area contributed by atoms with E-state index in [0.717, 1.165) is 30.2 Å². The summed E-state index contributed by atoms with van der Waals surface area (Å²) in [4.78, 5) is 0. The van der Waals surface area contributed by atoms with Crippen molar-refractivity contribution in [2.45, 2.75) is 31.8 Å². The number of rotatable bonds is 6. The van der Waals surface area contributed by atoms with Gasteiger partial charge >= 0.3 is 0 Å². The van der Waals surface area contributed by atoms with Crippen LogP contribution in [-0.2, 0) is 6.42 Å². The molecule has 0 aromatic heterocycles. The topological polar surface area (TPSA) is 20.2 Å². The molecule has 0 heterocycles. The fraction of sp³-hybridized carbons (Fsp3) is 0.385. The molecule has 0 aliphatic carbocycles. The molecule has 0 radical (unpaired) electrons. The molecule has 0 fully saturated rings. The van der Waals surface area contributed by atoms with Crippen molar-refractivity contribution in [3.8, 4) is 0 Å². The average molecular weight is 269 g/mol. The van der Waals surface area contributed by atoms with Crippen LogP contribution in [0.3, 0.4) is 0 Å². The molecule has 1 aromatic carbocycles. The summed E-state index contributed by atoms with van der Waals surface area (Å²) in [6, 6.07) is 8.10. The minimum Gasteiger partial charge on any atom is -0.393 e. The van der Waals surface area contributed by atoms with Gasteiger partial charge < -0.3 is 5.11 Å². The molecular formula is C13H17BrO. The maximum Gasteiger partial charge on any atom is 0.0580 e. The lowest BCUT2D eigenvalue weighted by molar-refractivity contribution is 0.162. The second-order valence-corrected chi connectivity index (χ2v) is 4.62. The highest BCUT2D eigenvalue weighted by Gasteiger charge is 2.04. The summed E-state index contributed by atoms with van der Waals surface area (Å²) in [5.74, 6) is 0. The standard InChI is InChI=1S/C13H17BrO/c1-2-3-4-5-13(15)10-11-6-8-12(14)9-7-11/h2,6-9,13,15H,1,3-5,10H2. The molecule has 0 aliphatic rings. The molecule has 2 heteroatoms. The van der Waals surface area contributed by atoms with Crippen LogP contribution in [0.5, 0.6) is 0 Å². The molecule has 0 bridgehead atoms. The number of hydrogen-bond donors (Lipinski definition) is 1. The van der Waals surface area contributed by atoms with Crippen molar-refractivity contribution in [3.63, 3.8) is 0 Å². The molecule has 1 rings (SSSR count). The number of benzene rings is 1. The summed E-state index contributed by atoms with van der Waals surface area (Å²) in [6.07, 6.45) is 5.25. The van der Waals surface area contributed by atoms with Crippen LogP contribution in [0.2, 0.25) is 0 Å². The zero-order chi connectivity index (χ0) is 11.1. The van der Waals surface area contributed by atoms with Crippen molar-refractivity contribution in [1.29, 1.82) is 0 Å². The Labute approximate surface area is 100.0 Å². The van der Waals surface area contributed by atoms with Gasteiger partial charge in [0.15, 0.2) is 0 Å². The minimum atomic E-state index is -0.230. The predicted octanol–water partition coefficient (Wildman–Crippen LogP) is 3.71. The molecule has 1 unspecified atom stereocenters. The fourth-order valence-electron chi connectivity index (χ4n) is 1.49. The van der Waals surface area contributed by atoms with E-state index in [-0.39, 0.29) is 6.10 Å². The Kier molecular flexibility index (Phi) is 5.66. The number of unbranched alkanes of at least 4 members (excludes halogenated alkanes) is 1. The van der Waals surface area contributed by atoms with Crippen LogP contribution in [-0.4, -0.2) is 11.2 Å². The quantitative estimate of drug-likeness (QED) is 0.616. The fourth-order valence-corrected chi connectivity index (χ4v) is 1.76. The van der Waals surface area contributed by atoms with Crippen molar-refractivity contribution in [3.05, 3.63) is 47.0 Å². The third-order valence-electron chi connectivity index (χ3n) is 2.33. The Morgan fingerprint density at radius 1 is 1.33 bits per heavy atom. The van der Waals surface area contributed by atoms with Gasteiger partial charge in [-0.25, -0.2) is 0 Å². The number of aliphatic hydroxyl groups excluding tert-OH is 1. The summed E-state index contributed by atoms with van der Waals surface area (Å²) in [6.45, 7) is 3.66. The van der Waals surface area contributed by atoms with Crippen molar-refractivity contribution >= 4 is 15.9 Å². The van der Waals surface area contributed by atoms with Gasteiger partial charge in [-0.05, 0) is 43.4 Å². The van der Waals surface area contributed by atoms with E-state index in [1.165, 1.54) is 5.56 Å². The van der Waals surface area contributed by atoms with Gasteiger partial charge in [0.05, 0.1) is 6.10 Å². The number of aliphatic hydroxyl groups is 1. The van der Waals surface area contributed by atoms with E-state index < -0.39 is 0 Å². The van der Waals surface area contributed by atoms with Crippen LogP contribution >= 0.6 is 15.9 Å². The van der Waals surface area contributed by atoms with Crippen LogP contribution in [0, 0.1) is 0 Å². The first-order valence-electron chi connectivity index (χ1n) is 5.26. The molecule has 15 heavy (non-hydrogen) atoms. The Morgan fingerprint density at radius 3 is 2.60 bits per heavy atom. The lowest BCUT2D eigenvalue weighted by Crippen LogP contribution is -2.09. The maximum absolute atomic E-state index is 9.75. The molecule has 0 amide bonds. The predicted molar refractivity (Wildman–Crippen MR) is 67.9 cm³/mol. The lowest BCUT2D eigenvalue weighted by atomic mass is 10.0.